The van der Waals surface area contributed by atoms with Crippen LogP contribution < -0.4 is 0 Å². The summed E-state index contributed by atoms with van der Waals surface area (Å²) < 4.78 is 17.1. The van der Waals surface area contributed by atoms with Crippen molar-refractivity contribution < 1.29 is 14.2 Å². The Morgan fingerprint density at radius 3 is 2.06 bits per heavy atom. The maximum atomic E-state index is 5.87. The van der Waals surface area contributed by atoms with Gasteiger partial charge < -0.3 is 14.2 Å². The summed E-state index contributed by atoms with van der Waals surface area (Å²) in [4.78, 5) is 2.43. The van der Waals surface area contributed by atoms with Crippen LogP contribution in [0.2, 0.25) is 0 Å². The first kappa shape index (κ1) is 14.9. The monoisotopic (exact) mass is 245 g/mol. The molecule has 4 heteroatoms. The van der Waals surface area contributed by atoms with E-state index in [1.165, 1.54) is 0 Å². The predicted molar refractivity (Wildman–Crippen MR) is 68.1 cm³/mol. The van der Waals surface area contributed by atoms with E-state index in [0.29, 0.717) is 19.3 Å². The third-order valence-electron chi connectivity index (χ3n) is 3.34. The second-order valence-electron chi connectivity index (χ2n) is 4.45. The normalized spacial score (nSPS) is 20.5. The van der Waals surface area contributed by atoms with E-state index < -0.39 is 5.79 Å². The molecule has 1 heterocycles. The molecule has 1 atom stereocenters. The molecule has 0 saturated carbocycles. The van der Waals surface area contributed by atoms with Crippen LogP contribution in [0, 0.1) is 0 Å². The number of morpholine rings is 1. The van der Waals surface area contributed by atoms with Gasteiger partial charge in [-0.2, -0.15) is 0 Å². The highest BCUT2D eigenvalue weighted by Crippen LogP contribution is 2.25. The summed E-state index contributed by atoms with van der Waals surface area (Å²) in [5.74, 6) is -0.504. The molecule has 0 bridgehead atoms. The van der Waals surface area contributed by atoms with E-state index in [-0.39, 0.29) is 0 Å². The molecule has 1 fully saturated rings. The van der Waals surface area contributed by atoms with Gasteiger partial charge in [0.1, 0.15) is 0 Å². The summed E-state index contributed by atoms with van der Waals surface area (Å²) in [7, 11) is 0. The minimum absolute atomic E-state index is 0.297. The number of rotatable bonds is 7. The summed E-state index contributed by atoms with van der Waals surface area (Å²) in [6.45, 7) is 13.2. The van der Waals surface area contributed by atoms with Crippen LogP contribution in [0.25, 0.3) is 0 Å². The van der Waals surface area contributed by atoms with Crippen LogP contribution in [0.1, 0.15) is 34.1 Å². The standard InChI is InChI=1S/C13H27NO3/c1-5-12(14-8-10-15-11-9-14)13(4,16-6-2)17-7-3/h12H,5-11H2,1-4H3. The lowest BCUT2D eigenvalue weighted by Crippen LogP contribution is -2.56. The average molecular weight is 245 g/mol. The van der Waals surface area contributed by atoms with E-state index in [2.05, 4.69) is 18.7 Å². The second-order valence-corrected chi connectivity index (χ2v) is 4.45. The SMILES string of the molecule is CCOC(C)(OCC)C(CC)N1CCOCC1. The molecule has 1 aliphatic rings. The van der Waals surface area contributed by atoms with Crippen LogP contribution in [0.4, 0.5) is 0 Å². The number of nitrogens with zero attached hydrogens (tertiary/aromatic N) is 1. The highest BCUT2D eigenvalue weighted by atomic mass is 16.7. The lowest BCUT2D eigenvalue weighted by atomic mass is 10.0. The summed E-state index contributed by atoms with van der Waals surface area (Å²) in [6.07, 6.45) is 1.02. The van der Waals surface area contributed by atoms with E-state index in [0.717, 1.165) is 32.7 Å². The van der Waals surface area contributed by atoms with E-state index in [1.807, 2.05) is 13.8 Å². The van der Waals surface area contributed by atoms with Crippen molar-refractivity contribution in [1.82, 2.24) is 4.90 Å². The van der Waals surface area contributed by atoms with Gasteiger partial charge in [-0.3, -0.25) is 4.90 Å². The van der Waals surface area contributed by atoms with Gasteiger partial charge >= 0.3 is 0 Å². The van der Waals surface area contributed by atoms with E-state index in [4.69, 9.17) is 14.2 Å². The molecule has 0 aliphatic carbocycles. The fourth-order valence-corrected chi connectivity index (χ4v) is 2.66. The maximum absolute atomic E-state index is 5.87. The molecule has 0 aromatic carbocycles. The first-order valence-corrected chi connectivity index (χ1v) is 6.77. The Morgan fingerprint density at radius 2 is 1.65 bits per heavy atom. The second kappa shape index (κ2) is 7.31. The molecule has 1 unspecified atom stereocenters. The highest BCUT2D eigenvalue weighted by Gasteiger charge is 2.38. The Balaban J connectivity index is 2.71. The first-order valence-electron chi connectivity index (χ1n) is 6.77. The average Bonchev–Trinajstić information content (AvgIpc) is 2.31. The molecular formula is C13H27NO3. The van der Waals surface area contributed by atoms with Crippen LogP contribution in [0.3, 0.4) is 0 Å². The molecule has 102 valence electrons. The van der Waals surface area contributed by atoms with Crippen molar-refractivity contribution in [3.05, 3.63) is 0 Å². The summed E-state index contributed by atoms with van der Waals surface area (Å²) in [5.41, 5.74) is 0. The maximum Gasteiger partial charge on any atom is 0.180 e. The Kier molecular flexibility index (Phi) is 6.41. The van der Waals surface area contributed by atoms with Crippen molar-refractivity contribution in [2.75, 3.05) is 39.5 Å². The molecule has 1 rings (SSSR count). The van der Waals surface area contributed by atoms with Crippen molar-refractivity contribution in [3.8, 4) is 0 Å². The fraction of sp³-hybridized carbons (Fsp3) is 1.00. The molecule has 0 N–H and O–H groups in total. The van der Waals surface area contributed by atoms with Crippen LogP contribution in [-0.2, 0) is 14.2 Å². The molecular weight excluding hydrogens is 218 g/mol. The molecule has 0 spiro atoms. The van der Waals surface area contributed by atoms with E-state index in [1.54, 1.807) is 0 Å². The van der Waals surface area contributed by atoms with Crippen molar-refractivity contribution in [3.63, 3.8) is 0 Å². The van der Waals surface area contributed by atoms with Crippen LogP contribution in [0.15, 0.2) is 0 Å². The quantitative estimate of drug-likeness (QED) is 0.641. The van der Waals surface area contributed by atoms with E-state index in [9.17, 15) is 0 Å². The van der Waals surface area contributed by atoms with Crippen molar-refractivity contribution >= 4 is 0 Å². The molecule has 1 aliphatic heterocycles. The third-order valence-corrected chi connectivity index (χ3v) is 3.34. The summed E-state index contributed by atoms with van der Waals surface area (Å²) >= 11 is 0. The molecule has 17 heavy (non-hydrogen) atoms. The van der Waals surface area contributed by atoms with Gasteiger partial charge in [-0.25, -0.2) is 0 Å². The van der Waals surface area contributed by atoms with Crippen LogP contribution >= 0.6 is 0 Å². The molecule has 0 radical (unpaired) electrons. The number of ether oxygens (including phenoxy) is 3. The van der Waals surface area contributed by atoms with Crippen molar-refractivity contribution in [2.24, 2.45) is 0 Å². The minimum atomic E-state index is -0.504. The van der Waals surface area contributed by atoms with Gasteiger partial charge in [-0.1, -0.05) is 6.92 Å². The number of hydrogen-bond donors (Lipinski definition) is 0. The zero-order valence-electron chi connectivity index (χ0n) is 11.7. The zero-order valence-corrected chi connectivity index (χ0v) is 11.7. The lowest BCUT2D eigenvalue weighted by Gasteiger charge is -2.44. The van der Waals surface area contributed by atoms with Gasteiger partial charge in [-0.05, 0) is 27.2 Å². The Morgan fingerprint density at radius 1 is 1.12 bits per heavy atom. The van der Waals surface area contributed by atoms with Crippen molar-refractivity contribution in [2.45, 2.75) is 45.9 Å². The van der Waals surface area contributed by atoms with Gasteiger partial charge in [0.05, 0.1) is 19.3 Å². The third kappa shape index (κ3) is 3.91. The van der Waals surface area contributed by atoms with Crippen LogP contribution in [0.5, 0.6) is 0 Å². The lowest BCUT2D eigenvalue weighted by molar-refractivity contribution is -0.259. The van der Waals surface area contributed by atoms with Gasteiger partial charge in [-0.15, -0.1) is 0 Å². The predicted octanol–water partition coefficient (Wildman–Crippen LogP) is 1.89. The molecule has 1 saturated heterocycles. The van der Waals surface area contributed by atoms with E-state index >= 15 is 0 Å². The zero-order chi connectivity index (χ0) is 12.7. The number of hydrogen-bond acceptors (Lipinski definition) is 4. The fourth-order valence-electron chi connectivity index (χ4n) is 2.66. The largest absolute Gasteiger partial charge is 0.379 e. The molecule has 0 aromatic rings. The highest BCUT2D eigenvalue weighted by molar-refractivity contribution is 4.85. The van der Waals surface area contributed by atoms with Gasteiger partial charge in [0.15, 0.2) is 5.79 Å². The Bertz CT molecular complexity index is 199. The minimum Gasteiger partial charge on any atom is -0.379 e. The molecule has 0 amide bonds. The molecule has 4 nitrogen and oxygen atoms in total. The Hall–Kier alpha value is -0.160. The van der Waals surface area contributed by atoms with Gasteiger partial charge in [0, 0.05) is 26.3 Å². The van der Waals surface area contributed by atoms with Crippen LogP contribution in [-0.4, -0.2) is 56.2 Å². The molecule has 0 aromatic heterocycles. The Labute approximate surface area is 105 Å². The van der Waals surface area contributed by atoms with Gasteiger partial charge in [0.25, 0.3) is 0 Å². The summed E-state index contributed by atoms with van der Waals surface area (Å²) in [5, 5.41) is 0. The smallest absolute Gasteiger partial charge is 0.180 e. The topological polar surface area (TPSA) is 30.9 Å². The van der Waals surface area contributed by atoms with Gasteiger partial charge in [0.2, 0.25) is 0 Å². The first-order chi connectivity index (χ1) is 8.18. The van der Waals surface area contributed by atoms with Crippen molar-refractivity contribution in [1.29, 1.82) is 0 Å². The summed E-state index contributed by atoms with van der Waals surface area (Å²) in [6, 6.07) is 0.297.